The van der Waals surface area contributed by atoms with Gasteiger partial charge in [-0.15, -0.1) is 0 Å². The lowest BCUT2D eigenvalue weighted by Gasteiger charge is -2.21. The minimum atomic E-state index is -5.08. The van der Waals surface area contributed by atoms with Gasteiger partial charge < -0.3 is 20.6 Å². The minimum absolute atomic E-state index is 0.0589. The molecule has 3 aromatic rings. The first-order valence-electron chi connectivity index (χ1n) is 10.5. The van der Waals surface area contributed by atoms with E-state index in [-0.39, 0.29) is 6.04 Å². The van der Waals surface area contributed by atoms with E-state index in [1.807, 2.05) is 30.3 Å². The number of aromatic nitrogens is 1. The second-order valence-electron chi connectivity index (χ2n) is 7.76. The van der Waals surface area contributed by atoms with Crippen LogP contribution in [0.2, 0.25) is 0 Å². The van der Waals surface area contributed by atoms with Crippen molar-refractivity contribution < 1.29 is 41.0 Å². The molecule has 2 aromatic carbocycles. The lowest BCUT2D eigenvalue weighted by molar-refractivity contribution is -0.192. The van der Waals surface area contributed by atoms with E-state index >= 15 is 0 Å². The molecule has 0 aliphatic carbocycles. The zero-order valence-corrected chi connectivity index (χ0v) is 18.4. The number of hydrogen-bond acceptors (Lipinski definition) is 4. The SMILES string of the molecule is O=C(Nc1ccc(C(F)(F)F)cc1)NC1CCN(c2ccnc3ccccc23)C1.O=C(O)C(F)(F)F. The Bertz CT molecular complexity index is 1210. The number of rotatable bonds is 3. The molecule has 192 valence electrons. The van der Waals surface area contributed by atoms with E-state index in [9.17, 15) is 31.1 Å². The zero-order valence-electron chi connectivity index (χ0n) is 18.4. The largest absolute Gasteiger partial charge is 0.490 e. The summed E-state index contributed by atoms with van der Waals surface area (Å²) in [4.78, 5) is 27.7. The summed E-state index contributed by atoms with van der Waals surface area (Å²) in [5, 5.41) is 13.7. The number of carboxylic acids is 1. The Kier molecular flexibility index (Phi) is 7.90. The normalized spacial score (nSPS) is 15.7. The molecule has 2 amide bonds. The van der Waals surface area contributed by atoms with Gasteiger partial charge >= 0.3 is 24.4 Å². The minimum Gasteiger partial charge on any atom is -0.475 e. The van der Waals surface area contributed by atoms with E-state index in [1.54, 1.807) is 6.20 Å². The van der Waals surface area contributed by atoms with Crippen molar-refractivity contribution in [2.45, 2.75) is 24.8 Å². The maximum Gasteiger partial charge on any atom is 0.490 e. The van der Waals surface area contributed by atoms with Gasteiger partial charge in [-0.1, -0.05) is 18.2 Å². The molecule has 36 heavy (non-hydrogen) atoms. The Labute approximate surface area is 200 Å². The topological polar surface area (TPSA) is 94.6 Å². The number of urea groups is 1. The number of hydrogen-bond donors (Lipinski definition) is 3. The number of fused-ring (bicyclic) bond motifs is 1. The molecule has 1 atom stereocenters. The molecule has 1 aliphatic rings. The number of nitrogens with one attached hydrogen (secondary N) is 2. The Morgan fingerprint density at radius 3 is 2.22 bits per heavy atom. The molecule has 1 aromatic heterocycles. The van der Waals surface area contributed by atoms with Crippen molar-refractivity contribution in [3.05, 3.63) is 66.4 Å². The van der Waals surface area contributed by atoms with Crippen molar-refractivity contribution in [1.29, 1.82) is 0 Å². The number of pyridine rings is 1. The predicted molar refractivity (Wildman–Crippen MR) is 120 cm³/mol. The van der Waals surface area contributed by atoms with Crippen molar-refractivity contribution >= 4 is 34.3 Å². The number of carbonyl (C=O) groups is 2. The quantitative estimate of drug-likeness (QED) is 0.413. The average molecular weight is 514 g/mol. The van der Waals surface area contributed by atoms with Crippen molar-refractivity contribution in [3.63, 3.8) is 0 Å². The van der Waals surface area contributed by atoms with Crippen LogP contribution in [0.4, 0.5) is 42.5 Å². The number of aliphatic carboxylic acids is 1. The molecule has 7 nitrogen and oxygen atoms in total. The van der Waals surface area contributed by atoms with E-state index in [0.29, 0.717) is 12.2 Å². The first kappa shape index (κ1) is 26.6. The molecule has 1 aliphatic heterocycles. The number of carbonyl (C=O) groups excluding carboxylic acids is 1. The standard InChI is InChI=1S/C21H19F3N4O.C2HF3O2/c22-21(23,24)14-5-7-15(8-6-14)26-20(29)27-16-10-12-28(13-16)19-9-11-25-18-4-2-1-3-17(18)19;3-2(4,5)1(6)7/h1-9,11,16H,10,12-13H2,(H2,26,27,29);(H,6,7). The molecular formula is C23H20F6N4O3. The second kappa shape index (κ2) is 10.7. The van der Waals surface area contributed by atoms with Gasteiger partial charge in [0.15, 0.2) is 0 Å². The number of anilines is 2. The summed E-state index contributed by atoms with van der Waals surface area (Å²) in [6, 6.07) is 13.7. The van der Waals surface area contributed by atoms with Crippen LogP contribution in [0.3, 0.4) is 0 Å². The van der Waals surface area contributed by atoms with Crippen LogP contribution in [-0.4, -0.2) is 47.4 Å². The van der Waals surface area contributed by atoms with Gasteiger partial charge in [-0.25, -0.2) is 9.59 Å². The molecule has 1 saturated heterocycles. The molecule has 1 fully saturated rings. The van der Waals surface area contributed by atoms with Crippen LogP contribution in [-0.2, 0) is 11.0 Å². The fraction of sp³-hybridized carbons (Fsp3) is 0.261. The summed E-state index contributed by atoms with van der Waals surface area (Å²) in [5.41, 5.74) is 1.55. The van der Waals surface area contributed by atoms with E-state index in [2.05, 4.69) is 20.5 Å². The van der Waals surface area contributed by atoms with Crippen LogP contribution >= 0.6 is 0 Å². The Balaban J connectivity index is 0.000000454. The van der Waals surface area contributed by atoms with Crippen molar-refractivity contribution in [2.24, 2.45) is 0 Å². The highest BCUT2D eigenvalue weighted by Crippen LogP contribution is 2.30. The highest BCUT2D eigenvalue weighted by atomic mass is 19.4. The number of nitrogens with zero attached hydrogens (tertiary/aromatic N) is 2. The number of alkyl halides is 6. The fourth-order valence-corrected chi connectivity index (χ4v) is 3.55. The van der Waals surface area contributed by atoms with Gasteiger partial charge in [-0.2, -0.15) is 26.3 Å². The van der Waals surface area contributed by atoms with Crippen LogP contribution < -0.4 is 15.5 Å². The number of benzene rings is 2. The van der Waals surface area contributed by atoms with Crippen molar-refractivity contribution in [2.75, 3.05) is 23.3 Å². The van der Waals surface area contributed by atoms with Crippen LogP contribution in [0, 0.1) is 0 Å². The molecule has 2 heterocycles. The lowest BCUT2D eigenvalue weighted by atomic mass is 10.2. The van der Waals surface area contributed by atoms with E-state index in [0.717, 1.165) is 41.7 Å². The number of amides is 2. The zero-order chi connectivity index (χ0) is 26.5. The first-order chi connectivity index (χ1) is 16.8. The maximum atomic E-state index is 12.6. The maximum absolute atomic E-state index is 12.6. The molecule has 0 bridgehead atoms. The second-order valence-corrected chi connectivity index (χ2v) is 7.76. The van der Waals surface area contributed by atoms with Crippen molar-refractivity contribution in [1.82, 2.24) is 10.3 Å². The predicted octanol–water partition coefficient (Wildman–Crippen LogP) is 5.29. The van der Waals surface area contributed by atoms with E-state index < -0.39 is 29.9 Å². The third-order valence-electron chi connectivity index (χ3n) is 5.20. The van der Waals surface area contributed by atoms with Crippen LogP contribution in [0.15, 0.2) is 60.8 Å². The molecule has 4 rings (SSSR count). The highest BCUT2D eigenvalue weighted by Gasteiger charge is 2.38. The van der Waals surface area contributed by atoms with Crippen LogP contribution in [0.5, 0.6) is 0 Å². The van der Waals surface area contributed by atoms with Gasteiger partial charge in [0.25, 0.3) is 0 Å². The summed E-state index contributed by atoms with van der Waals surface area (Å²) in [6.07, 6.45) is -6.93. The summed E-state index contributed by atoms with van der Waals surface area (Å²) in [5.74, 6) is -2.76. The third-order valence-corrected chi connectivity index (χ3v) is 5.20. The number of carboxylic acid groups (broad SMARTS) is 1. The number of para-hydroxylation sites is 1. The van der Waals surface area contributed by atoms with E-state index in [1.165, 1.54) is 12.1 Å². The fourth-order valence-electron chi connectivity index (χ4n) is 3.55. The highest BCUT2D eigenvalue weighted by molar-refractivity contribution is 5.92. The summed E-state index contributed by atoms with van der Waals surface area (Å²) < 4.78 is 69.6. The molecule has 13 heteroatoms. The Morgan fingerprint density at radius 1 is 0.972 bits per heavy atom. The molecule has 3 N–H and O–H groups in total. The molecule has 0 radical (unpaired) electrons. The van der Waals surface area contributed by atoms with Gasteiger partial charge in [-0.3, -0.25) is 4.98 Å². The molecular weight excluding hydrogens is 494 g/mol. The molecule has 0 saturated carbocycles. The third kappa shape index (κ3) is 6.99. The van der Waals surface area contributed by atoms with Gasteiger partial charge in [-0.05, 0) is 42.8 Å². The Morgan fingerprint density at radius 2 is 1.61 bits per heavy atom. The summed E-state index contributed by atoms with van der Waals surface area (Å²) >= 11 is 0. The smallest absolute Gasteiger partial charge is 0.475 e. The van der Waals surface area contributed by atoms with Gasteiger partial charge in [0.05, 0.1) is 11.1 Å². The van der Waals surface area contributed by atoms with Crippen LogP contribution in [0.1, 0.15) is 12.0 Å². The van der Waals surface area contributed by atoms with Gasteiger partial charge in [0.1, 0.15) is 0 Å². The summed E-state index contributed by atoms with van der Waals surface area (Å²) in [6.45, 7) is 1.44. The average Bonchev–Trinajstić information content (AvgIpc) is 3.26. The Hall–Kier alpha value is -4.03. The summed E-state index contributed by atoms with van der Waals surface area (Å²) in [7, 11) is 0. The van der Waals surface area contributed by atoms with Crippen molar-refractivity contribution in [3.8, 4) is 0 Å². The monoisotopic (exact) mass is 514 g/mol. The molecule has 0 spiro atoms. The molecule has 1 unspecified atom stereocenters. The van der Waals surface area contributed by atoms with E-state index in [4.69, 9.17) is 9.90 Å². The lowest BCUT2D eigenvalue weighted by Crippen LogP contribution is -2.39. The van der Waals surface area contributed by atoms with Crippen LogP contribution in [0.25, 0.3) is 10.9 Å². The number of halogens is 6. The first-order valence-corrected chi connectivity index (χ1v) is 10.5. The van der Waals surface area contributed by atoms with Gasteiger partial charge in [0, 0.05) is 42.1 Å². The van der Waals surface area contributed by atoms with Gasteiger partial charge in [0.2, 0.25) is 0 Å².